The molecule has 0 aliphatic carbocycles. The molecule has 2 heterocycles. The summed E-state index contributed by atoms with van der Waals surface area (Å²) >= 11 is 0. The Morgan fingerprint density at radius 2 is 2.00 bits per heavy atom. The maximum absolute atomic E-state index is 5.52. The maximum Gasteiger partial charge on any atom is 0.148 e. The van der Waals surface area contributed by atoms with E-state index in [1.54, 1.807) is 0 Å². The van der Waals surface area contributed by atoms with E-state index in [9.17, 15) is 0 Å². The van der Waals surface area contributed by atoms with Crippen molar-refractivity contribution >= 4 is 11.6 Å². The third kappa shape index (κ3) is 3.49. The summed E-state index contributed by atoms with van der Waals surface area (Å²) in [5, 5.41) is 7.82. The molecular weight excluding hydrogens is 266 g/mol. The SMILES string of the molecule is CCCc1c(NN)ncnc1NCc1cn(C)nc1CC. The first kappa shape index (κ1) is 15.2. The second-order valence-electron chi connectivity index (χ2n) is 4.93. The Morgan fingerprint density at radius 3 is 2.67 bits per heavy atom. The lowest BCUT2D eigenvalue weighted by molar-refractivity contribution is 0.746. The van der Waals surface area contributed by atoms with Gasteiger partial charge in [-0.2, -0.15) is 5.10 Å². The van der Waals surface area contributed by atoms with Crippen molar-refractivity contribution in [2.24, 2.45) is 12.9 Å². The molecule has 0 fully saturated rings. The van der Waals surface area contributed by atoms with Gasteiger partial charge in [0.15, 0.2) is 0 Å². The van der Waals surface area contributed by atoms with E-state index >= 15 is 0 Å². The quantitative estimate of drug-likeness (QED) is 0.530. The number of nitrogens with zero attached hydrogens (tertiary/aromatic N) is 4. The van der Waals surface area contributed by atoms with Gasteiger partial charge in [0.05, 0.1) is 5.69 Å². The summed E-state index contributed by atoms with van der Waals surface area (Å²) < 4.78 is 1.84. The van der Waals surface area contributed by atoms with E-state index in [-0.39, 0.29) is 0 Å². The maximum atomic E-state index is 5.52. The van der Waals surface area contributed by atoms with E-state index in [4.69, 9.17) is 5.84 Å². The Kier molecular flexibility index (Phi) is 5.10. The molecule has 21 heavy (non-hydrogen) atoms. The largest absolute Gasteiger partial charge is 0.365 e. The lowest BCUT2D eigenvalue weighted by atomic mass is 10.1. The zero-order chi connectivity index (χ0) is 15.2. The molecule has 0 spiro atoms. The second kappa shape index (κ2) is 7.03. The lowest BCUT2D eigenvalue weighted by Gasteiger charge is -2.13. The van der Waals surface area contributed by atoms with Crippen molar-refractivity contribution in [3.05, 3.63) is 29.3 Å². The molecule has 0 radical (unpaired) electrons. The highest BCUT2D eigenvalue weighted by Gasteiger charge is 2.11. The average molecular weight is 289 g/mol. The number of hydrogen-bond acceptors (Lipinski definition) is 6. The van der Waals surface area contributed by atoms with Crippen molar-refractivity contribution in [2.75, 3.05) is 10.7 Å². The molecule has 2 aromatic rings. The number of nitrogens with one attached hydrogen (secondary N) is 2. The molecule has 0 saturated carbocycles. The van der Waals surface area contributed by atoms with E-state index in [0.717, 1.165) is 36.3 Å². The molecule has 0 bridgehead atoms. The third-order valence-electron chi connectivity index (χ3n) is 3.36. The fourth-order valence-electron chi connectivity index (χ4n) is 2.38. The Labute approximate surface area is 124 Å². The Morgan fingerprint density at radius 1 is 1.24 bits per heavy atom. The number of nitrogens with two attached hydrogens (primary N) is 1. The Hall–Kier alpha value is -2.15. The highest BCUT2D eigenvalue weighted by Crippen LogP contribution is 2.21. The Balaban J connectivity index is 2.19. The smallest absolute Gasteiger partial charge is 0.148 e. The van der Waals surface area contributed by atoms with Gasteiger partial charge in [-0.3, -0.25) is 4.68 Å². The molecule has 4 N–H and O–H groups in total. The summed E-state index contributed by atoms with van der Waals surface area (Å²) in [5.74, 6) is 7.03. The molecule has 7 nitrogen and oxygen atoms in total. The van der Waals surface area contributed by atoms with Crippen molar-refractivity contribution in [3.63, 3.8) is 0 Å². The van der Waals surface area contributed by atoms with Crippen molar-refractivity contribution < 1.29 is 0 Å². The van der Waals surface area contributed by atoms with E-state index < -0.39 is 0 Å². The van der Waals surface area contributed by atoms with Gasteiger partial charge in [-0.05, 0) is 12.8 Å². The van der Waals surface area contributed by atoms with Crippen molar-refractivity contribution in [1.29, 1.82) is 0 Å². The van der Waals surface area contributed by atoms with E-state index in [1.165, 1.54) is 11.9 Å². The van der Waals surface area contributed by atoms with Crippen molar-refractivity contribution in [1.82, 2.24) is 19.7 Å². The van der Waals surface area contributed by atoms with Crippen LogP contribution in [0.25, 0.3) is 0 Å². The number of hydrazine groups is 1. The molecule has 2 aromatic heterocycles. The monoisotopic (exact) mass is 289 g/mol. The summed E-state index contributed by atoms with van der Waals surface area (Å²) in [4.78, 5) is 8.50. The van der Waals surface area contributed by atoms with E-state index in [2.05, 4.69) is 39.7 Å². The molecule has 0 aromatic carbocycles. The van der Waals surface area contributed by atoms with Crippen LogP contribution in [0.1, 0.15) is 37.1 Å². The van der Waals surface area contributed by atoms with Crippen molar-refractivity contribution in [2.45, 2.75) is 39.7 Å². The summed E-state index contributed by atoms with van der Waals surface area (Å²) in [6, 6.07) is 0. The van der Waals surface area contributed by atoms with Gasteiger partial charge in [0.1, 0.15) is 18.0 Å². The van der Waals surface area contributed by atoms with Crippen LogP contribution in [0, 0.1) is 0 Å². The molecular formula is C14H23N7. The number of aryl methyl sites for hydroxylation is 2. The minimum absolute atomic E-state index is 0.677. The first-order valence-electron chi connectivity index (χ1n) is 7.25. The van der Waals surface area contributed by atoms with Gasteiger partial charge in [0, 0.05) is 30.9 Å². The molecule has 7 heteroatoms. The standard InChI is InChI=1S/C14H23N7/c1-4-6-11-13(17-9-18-14(11)19-15)16-7-10-8-21(3)20-12(10)5-2/h8-9H,4-7,15H2,1-3H3,(H2,16,17,18,19). The van der Waals surface area contributed by atoms with Crippen LogP contribution in [0.3, 0.4) is 0 Å². The highest BCUT2D eigenvalue weighted by molar-refractivity contribution is 5.57. The topological polar surface area (TPSA) is 93.7 Å². The van der Waals surface area contributed by atoms with Gasteiger partial charge in [-0.1, -0.05) is 20.3 Å². The summed E-state index contributed by atoms with van der Waals surface area (Å²) in [6.45, 7) is 4.91. The van der Waals surface area contributed by atoms with Crippen LogP contribution in [-0.2, 0) is 26.4 Å². The minimum atomic E-state index is 0.677. The van der Waals surface area contributed by atoms with Crippen LogP contribution < -0.4 is 16.6 Å². The molecule has 0 aliphatic rings. The molecule has 0 unspecified atom stereocenters. The number of hydrogen-bond donors (Lipinski definition) is 3. The first-order chi connectivity index (χ1) is 10.2. The van der Waals surface area contributed by atoms with Gasteiger partial charge < -0.3 is 10.7 Å². The van der Waals surface area contributed by atoms with Gasteiger partial charge in [-0.25, -0.2) is 15.8 Å². The molecule has 0 saturated heterocycles. The zero-order valence-electron chi connectivity index (χ0n) is 12.8. The minimum Gasteiger partial charge on any atom is -0.365 e. The first-order valence-corrected chi connectivity index (χ1v) is 7.25. The van der Waals surface area contributed by atoms with Crippen LogP contribution in [0.5, 0.6) is 0 Å². The second-order valence-corrected chi connectivity index (χ2v) is 4.93. The van der Waals surface area contributed by atoms with Crippen LogP contribution in [-0.4, -0.2) is 19.7 Å². The molecule has 0 amide bonds. The highest BCUT2D eigenvalue weighted by atomic mass is 15.3. The predicted molar refractivity (Wildman–Crippen MR) is 83.7 cm³/mol. The molecule has 2 rings (SSSR count). The predicted octanol–water partition coefficient (Wildman–Crippen LogP) is 1.62. The Bertz CT molecular complexity index is 591. The van der Waals surface area contributed by atoms with Gasteiger partial charge >= 0.3 is 0 Å². The molecule has 114 valence electrons. The van der Waals surface area contributed by atoms with E-state index in [1.807, 2.05) is 17.9 Å². The van der Waals surface area contributed by atoms with Gasteiger partial charge in [0.25, 0.3) is 0 Å². The molecule has 0 atom stereocenters. The van der Waals surface area contributed by atoms with E-state index in [0.29, 0.717) is 12.4 Å². The lowest BCUT2D eigenvalue weighted by Crippen LogP contribution is -2.14. The van der Waals surface area contributed by atoms with Gasteiger partial charge in [0.2, 0.25) is 0 Å². The van der Waals surface area contributed by atoms with Crippen molar-refractivity contribution in [3.8, 4) is 0 Å². The normalized spacial score (nSPS) is 10.7. The summed E-state index contributed by atoms with van der Waals surface area (Å²) in [6.07, 6.45) is 6.34. The number of aromatic nitrogens is 4. The summed E-state index contributed by atoms with van der Waals surface area (Å²) in [7, 11) is 1.94. The van der Waals surface area contributed by atoms with Gasteiger partial charge in [-0.15, -0.1) is 0 Å². The van der Waals surface area contributed by atoms with Crippen LogP contribution in [0.4, 0.5) is 11.6 Å². The van der Waals surface area contributed by atoms with Crippen LogP contribution in [0.15, 0.2) is 12.5 Å². The number of anilines is 2. The number of nitrogen functional groups attached to an aromatic ring is 1. The molecule has 0 aliphatic heterocycles. The fraction of sp³-hybridized carbons (Fsp3) is 0.500. The fourth-order valence-corrected chi connectivity index (χ4v) is 2.38. The average Bonchev–Trinajstić information content (AvgIpc) is 2.86. The number of rotatable bonds is 7. The van der Waals surface area contributed by atoms with Crippen LogP contribution >= 0.6 is 0 Å². The third-order valence-corrected chi connectivity index (χ3v) is 3.36. The van der Waals surface area contributed by atoms with Crippen LogP contribution in [0.2, 0.25) is 0 Å². The zero-order valence-corrected chi connectivity index (χ0v) is 12.8. The summed E-state index contributed by atoms with van der Waals surface area (Å²) in [5.41, 5.74) is 5.94.